The van der Waals surface area contributed by atoms with Gasteiger partial charge in [0.05, 0.1) is 11.0 Å². The van der Waals surface area contributed by atoms with Crippen molar-refractivity contribution in [2.45, 2.75) is 39.0 Å². The molecule has 0 fully saturated rings. The smallest absolute Gasteiger partial charge is 0.0741 e. The van der Waals surface area contributed by atoms with Gasteiger partial charge in [-0.1, -0.05) is 44.4 Å². The Hall–Kier alpha value is -2.09. The molecule has 0 saturated heterocycles. The fourth-order valence-corrected chi connectivity index (χ4v) is 2.89. The van der Waals surface area contributed by atoms with Crippen LogP contribution in [0.1, 0.15) is 38.2 Å². The number of fused-ring (bicyclic) bond motifs is 2. The normalized spacial score (nSPS) is 11.3. The second-order valence-corrected chi connectivity index (χ2v) is 5.74. The summed E-state index contributed by atoms with van der Waals surface area (Å²) in [6.07, 6.45) is 6.26. The first-order chi connectivity index (χ1) is 10.3. The van der Waals surface area contributed by atoms with Gasteiger partial charge in [-0.2, -0.15) is 0 Å². The molecular formula is C19H22N2. The van der Waals surface area contributed by atoms with Crippen LogP contribution in [0.25, 0.3) is 21.8 Å². The third-order valence-corrected chi connectivity index (χ3v) is 4.05. The molecule has 3 rings (SSSR count). The number of rotatable bonds is 5. The Kier molecular flexibility index (Phi) is 4.05. The maximum atomic E-state index is 5.86. The van der Waals surface area contributed by atoms with Crippen molar-refractivity contribution in [3.8, 4) is 0 Å². The van der Waals surface area contributed by atoms with Gasteiger partial charge >= 0.3 is 0 Å². The molecule has 2 N–H and O–H groups in total. The Morgan fingerprint density at radius 2 is 1.86 bits per heavy atom. The summed E-state index contributed by atoms with van der Waals surface area (Å²) < 4.78 is 0. The van der Waals surface area contributed by atoms with E-state index in [1.807, 2.05) is 18.2 Å². The van der Waals surface area contributed by atoms with E-state index in [0.717, 1.165) is 28.5 Å². The van der Waals surface area contributed by atoms with Crippen LogP contribution in [-0.4, -0.2) is 4.98 Å². The molecule has 0 amide bonds. The van der Waals surface area contributed by atoms with Crippen LogP contribution in [0.3, 0.4) is 0 Å². The lowest BCUT2D eigenvalue weighted by Gasteiger charge is -2.08. The van der Waals surface area contributed by atoms with E-state index in [2.05, 4.69) is 31.2 Å². The first-order valence-corrected chi connectivity index (χ1v) is 7.86. The predicted octanol–water partition coefficient (Wildman–Crippen LogP) is 5.09. The summed E-state index contributed by atoms with van der Waals surface area (Å²) in [5.74, 6) is 0. The van der Waals surface area contributed by atoms with Crippen LogP contribution in [0, 0.1) is 0 Å². The van der Waals surface area contributed by atoms with Gasteiger partial charge in [-0.25, -0.2) is 4.98 Å². The molecule has 2 heteroatoms. The van der Waals surface area contributed by atoms with Crippen LogP contribution in [0.4, 0.5) is 5.69 Å². The van der Waals surface area contributed by atoms with Crippen LogP contribution in [-0.2, 0) is 6.42 Å². The van der Waals surface area contributed by atoms with Crippen molar-refractivity contribution in [3.63, 3.8) is 0 Å². The van der Waals surface area contributed by atoms with Crippen LogP contribution >= 0.6 is 0 Å². The number of benzene rings is 2. The molecule has 2 aromatic carbocycles. The van der Waals surface area contributed by atoms with E-state index in [-0.39, 0.29) is 0 Å². The Morgan fingerprint density at radius 3 is 2.71 bits per heavy atom. The summed E-state index contributed by atoms with van der Waals surface area (Å²) in [4.78, 5) is 4.86. The lowest BCUT2D eigenvalue weighted by atomic mass is 10.0. The van der Waals surface area contributed by atoms with Gasteiger partial charge in [0.25, 0.3) is 0 Å². The number of anilines is 1. The molecule has 0 aliphatic carbocycles. The van der Waals surface area contributed by atoms with Crippen molar-refractivity contribution >= 4 is 27.5 Å². The number of hydrogen-bond donors (Lipinski definition) is 1. The molecule has 21 heavy (non-hydrogen) atoms. The molecule has 1 aromatic heterocycles. The van der Waals surface area contributed by atoms with Gasteiger partial charge in [-0.3, -0.25) is 0 Å². The molecule has 3 aromatic rings. The maximum Gasteiger partial charge on any atom is 0.0741 e. The van der Waals surface area contributed by atoms with Gasteiger partial charge in [-0.05, 0) is 42.7 Å². The number of hydrogen-bond acceptors (Lipinski definition) is 2. The van der Waals surface area contributed by atoms with Crippen LogP contribution in [0.15, 0.2) is 42.5 Å². The van der Waals surface area contributed by atoms with E-state index in [9.17, 15) is 0 Å². The minimum absolute atomic E-state index is 0.791. The van der Waals surface area contributed by atoms with E-state index in [0.29, 0.717) is 0 Å². The number of aromatic nitrogens is 1. The molecule has 0 aliphatic heterocycles. The molecule has 0 atom stereocenters. The van der Waals surface area contributed by atoms with Crippen molar-refractivity contribution < 1.29 is 0 Å². The summed E-state index contributed by atoms with van der Waals surface area (Å²) in [6, 6.07) is 14.6. The average molecular weight is 278 g/mol. The monoisotopic (exact) mass is 278 g/mol. The largest absolute Gasteiger partial charge is 0.399 e. The highest BCUT2D eigenvalue weighted by Crippen LogP contribution is 2.25. The number of para-hydroxylation sites is 1. The van der Waals surface area contributed by atoms with Gasteiger partial charge in [0, 0.05) is 16.5 Å². The van der Waals surface area contributed by atoms with Crippen molar-refractivity contribution in [1.29, 1.82) is 0 Å². The summed E-state index contributed by atoms with van der Waals surface area (Å²) in [5.41, 5.74) is 10.2. The van der Waals surface area contributed by atoms with Crippen molar-refractivity contribution in [3.05, 3.63) is 48.0 Å². The van der Waals surface area contributed by atoms with Crippen LogP contribution in [0.5, 0.6) is 0 Å². The highest BCUT2D eigenvalue weighted by molar-refractivity contribution is 5.95. The third kappa shape index (κ3) is 2.99. The summed E-state index contributed by atoms with van der Waals surface area (Å²) in [7, 11) is 0. The first-order valence-electron chi connectivity index (χ1n) is 7.86. The number of aryl methyl sites for hydroxylation is 1. The highest BCUT2D eigenvalue weighted by Gasteiger charge is 2.05. The Bertz CT molecular complexity index is 762. The lowest BCUT2D eigenvalue weighted by molar-refractivity contribution is 0.668. The zero-order chi connectivity index (χ0) is 14.7. The highest BCUT2D eigenvalue weighted by atomic mass is 14.7. The van der Waals surface area contributed by atoms with E-state index in [4.69, 9.17) is 10.7 Å². The van der Waals surface area contributed by atoms with Crippen LogP contribution < -0.4 is 5.73 Å². The molecule has 2 nitrogen and oxygen atoms in total. The van der Waals surface area contributed by atoms with E-state index in [1.165, 1.54) is 36.6 Å². The average Bonchev–Trinajstić information content (AvgIpc) is 2.49. The molecular weight excluding hydrogens is 256 g/mol. The molecule has 0 aliphatic rings. The first kappa shape index (κ1) is 13.9. The summed E-state index contributed by atoms with van der Waals surface area (Å²) >= 11 is 0. The zero-order valence-corrected chi connectivity index (χ0v) is 12.6. The van der Waals surface area contributed by atoms with Gasteiger partial charge in [0.15, 0.2) is 0 Å². The molecule has 0 bridgehead atoms. The zero-order valence-electron chi connectivity index (χ0n) is 12.6. The van der Waals surface area contributed by atoms with E-state index >= 15 is 0 Å². The predicted molar refractivity (Wildman–Crippen MR) is 91.5 cm³/mol. The molecule has 0 radical (unpaired) electrons. The minimum atomic E-state index is 0.791. The Balaban J connectivity index is 1.99. The SMILES string of the molecule is CCCCCCc1cccc2cc3cc(N)ccc3nc12. The molecule has 108 valence electrons. The lowest BCUT2D eigenvalue weighted by Crippen LogP contribution is -1.92. The minimum Gasteiger partial charge on any atom is -0.399 e. The quantitative estimate of drug-likeness (QED) is 0.401. The Morgan fingerprint density at radius 1 is 0.952 bits per heavy atom. The molecule has 0 saturated carbocycles. The van der Waals surface area contributed by atoms with Crippen molar-refractivity contribution in [2.24, 2.45) is 0 Å². The van der Waals surface area contributed by atoms with E-state index in [1.54, 1.807) is 0 Å². The van der Waals surface area contributed by atoms with Crippen molar-refractivity contribution in [2.75, 3.05) is 5.73 Å². The second kappa shape index (κ2) is 6.13. The summed E-state index contributed by atoms with van der Waals surface area (Å²) in [6.45, 7) is 2.25. The molecule has 0 unspecified atom stereocenters. The number of nitrogen functional groups attached to an aromatic ring is 1. The van der Waals surface area contributed by atoms with E-state index < -0.39 is 0 Å². The number of nitrogens with zero attached hydrogens (tertiary/aromatic N) is 1. The van der Waals surface area contributed by atoms with Gasteiger partial charge < -0.3 is 5.73 Å². The fourth-order valence-electron chi connectivity index (χ4n) is 2.89. The fraction of sp³-hybridized carbons (Fsp3) is 0.316. The van der Waals surface area contributed by atoms with Crippen LogP contribution in [0.2, 0.25) is 0 Å². The number of pyridine rings is 1. The van der Waals surface area contributed by atoms with Gasteiger partial charge in [-0.15, -0.1) is 0 Å². The topological polar surface area (TPSA) is 38.9 Å². The Labute approximate surface area is 126 Å². The molecule has 1 heterocycles. The second-order valence-electron chi connectivity index (χ2n) is 5.74. The standard InChI is InChI=1S/C19H22N2/c1-2-3-4-5-7-14-8-6-9-15-12-16-13-17(20)10-11-18(16)21-19(14)15/h6,8-13H,2-5,7,20H2,1H3. The third-order valence-electron chi connectivity index (χ3n) is 4.05. The number of nitrogens with two attached hydrogens (primary N) is 1. The van der Waals surface area contributed by atoms with Gasteiger partial charge in [0.2, 0.25) is 0 Å². The maximum absolute atomic E-state index is 5.86. The summed E-state index contributed by atoms with van der Waals surface area (Å²) in [5, 5.41) is 2.33. The molecule has 0 spiro atoms. The van der Waals surface area contributed by atoms with Gasteiger partial charge in [0.1, 0.15) is 0 Å². The number of unbranched alkanes of at least 4 members (excludes halogenated alkanes) is 3. The van der Waals surface area contributed by atoms with Crippen molar-refractivity contribution in [1.82, 2.24) is 4.98 Å².